The molecule has 47 heavy (non-hydrogen) atoms. The third-order valence-electron chi connectivity index (χ3n) is 12.3. The predicted octanol–water partition coefficient (Wildman–Crippen LogP) is 12.2. The van der Waals surface area contributed by atoms with Gasteiger partial charge in [-0.1, -0.05) is 115 Å². The van der Waals surface area contributed by atoms with Gasteiger partial charge in [-0.2, -0.15) is 0 Å². The van der Waals surface area contributed by atoms with E-state index >= 15 is 0 Å². The van der Waals surface area contributed by atoms with Gasteiger partial charge < -0.3 is 4.90 Å². The second-order valence-electron chi connectivity index (χ2n) is 14.6. The fraction of sp³-hybridized carbons (Fsp3) is 0.217. The van der Waals surface area contributed by atoms with Gasteiger partial charge in [0.15, 0.2) is 0 Å². The number of para-hydroxylation sites is 2. The monoisotopic (exact) mass is 605 g/mol. The van der Waals surface area contributed by atoms with Crippen LogP contribution in [-0.4, -0.2) is 0 Å². The smallest absolute Gasteiger partial charge is 0.0462 e. The molecule has 6 aromatic carbocycles. The Morgan fingerprint density at radius 1 is 0.383 bits per heavy atom. The minimum absolute atomic E-state index is 0.213. The van der Waals surface area contributed by atoms with E-state index in [4.69, 9.17) is 0 Å². The van der Waals surface area contributed by atoms with Crippen LogP contribution in [0.5, 0.6) is 0 Å². The van der Waals surface area contributed by atoms with Crippen molar-refractivity contribution in [1.82, 2.24) is 0 Å². The van der Waals surface area contributed by atoms with E-state index in [-0.39, 0.29) is 5.41 Å². The third kappa shape index (κ3) is 4.08. The normalized spacial score (nSPS) is 24.7. The van der Waals surface area contributed by atoms with Gasteiger partial charge in [-0.25, -0.2) is 0 Å². The molecule has 0 saturated heterocycles. The van der Waals surface area contributed by atoms with Crippen LogP contribution in [0.2, 0.25) is 0 Å². The number of benzene rings is 6. The molecule has 228 valence electrons. The van der Waals surface area contributed by atoms with Crippen molar-refractivity contribution in [2.45, 2.75) is 37.5 Å². The molecule has 5 aliphatic rings. The van der Waals surface area contributed by atoms with Crippen molar-refractivity contribution in [3.05, 3.63) is 163 Å². The Kier molecular flexibility index (Phi) is 6.13. The van der Waals surface area contributed by atoms with Gasteiger partial charge in [0.05, 0.1) is 0 Å². The number of rotatable bonds is 5. The summed E-state index contributed by atoms with van der Waals surface area (Å²) in [5.41, 5.74) is 15.1. The van der Waals surface area contributed by atoms with Crippen LogP contribution in [-0.2, 0) is 5.41 Å². The molecule has 0 amide bonds. The Labute approximate surface area is 278 Å². The van der Waals surface area contributed by atoms with Crippen LogP contribution in [0.3, 0.4) is 0 Å². The molecule has 1 heteroatoms. The van der Waals surface area contributed by atoms with Crippen molar-refractivity contribution < 1.29 is 0 Å². The summed E-state index contributed by atoms with van der Waals surface area (Å²) in [6.07, 6.45) is 7.19. The molecule has 4 fully saturated rings. The Bertz CT molecular complexity index is 2010. The van der Waals surface area contributed by atoms with E-state index in [0.717, 1.165) is 40.7 Å². The average Bonchev–Trinajstić information content (AvgIpc) is 3.43. The molecule has 4 bridgehead atoms. The highest BCUT2D eigenvalue weighted by molar-refractivity contribution is 5.93. The molecule has 0 atom stereocenters. The Morgan fingerprint density at radius 3 is 1.47 bits per heavy atom. The summed E-state index contributed by atoms with van der Waals surface area (Å²) in [6.45, 7) is 0. The quantitative estimate of drug-likeness (QED) is 0.189. The fourth-order valence-electron chi connectivity index (χ4n) is 10.7. The number of fused-ring (bicyclic) bond motifs is 3. The highest BCUT2D eigenvalue weighted by Crippen LogP contribution is 2.70. The molecule has 0 N–H and O–H groups in total. The topological polar surface area (TPSA) is 3.24 Å². The first-order valence-corrected chi connectivity index (χ1v) is 17.6. The summed E-state index contributed by atoms with van der Waals surface area (Å²) in [5, 5.41) is 0. The summed E-state index contributed by atoms with van der Waals surface area (Å²) in [7, 11) is 0. The minimum Gasteiger partial charge on any atom is -0.311 e. The number of anilines is 3. The van der Waals surface area contributed by atoms with Crippen LogP contribution in [0.1, 0.15) is 43.2 Å². The molecule has 0 radical (unpaired) electrons. The van der Waals surface area contributed by atoms with E-state index in [1.807, 2.05) is 0 Å². The van der Waals surface area contributed by atoms with Crippen LogP contribution in [0.25, 0.3) is 33.4 Å². The van der Waals surface area contributed by atoms with Gasteiger partial charge in [0, 0.05) is 22.5 Å². The Balaban J connectivity index is 1.01. The maximum atomic E-state index is 2.51. The number of hydrogen-bond donors (Lipinski definition) is 0. The lowest BCUT2D eigenvalue weighted by molar-refractivity contribution is -0.0399. The van der Waals surface area contributed by atoms with Gasteiger partial charge in [0.25, 0.3) is 0 Å². The van der Waals surface area contributed by atoms with Crippen LogP contribution in [0, 0.1) is 23.7 Å². The van der Waals surface area contributed by atoms with E-state index in [1.54, 1.807) is 11.1 Å². The molecule has 6 aromatic rings. The van der Waals surface area contributed by atoms with E-state index in [9.17, 15) is 0 Å². The predicted molar refractivity (Wildman–Crippen MR) is 195 cm³/mol. The fourth-order valence-corrected chi connectivity index (χ4v) is 10.7. The molecular formula is C46H39N. The van der Waals surface area contributed by atoms with Crippen molar-refractivity contribution in [1.29, 1.82) is 0 Å². The molecule has 11 rings (SSSR count). The molecule has 0 heterocycles. The van der Waals surface area contributed by atoms with Crippen molar-refractivity contribution in [3.8, 4) is 33.4 Å². The summed E-state index contributed by atoms with van der Waals surface area (Å²) in [5.74, 6) is 3.51. The average molecular weight is 606 g/mol. The molecule has 4 saturated carbocycles. The van der Waals surface area contributed by atoms with E-state index in [2.05, 4.69) is 157 Å². The molecule has 0 aromatic heterocycles. The molecule has 1 nitrogen and oxygen atoms in total. The van der Waals surface area contributed by atoms with Gasteiger partial charge >= 0.3 is 0 Å². The van der Waals surface area contributed by atoms with Crippen molar-refractivity contribution in [2.24, 2.45) is 23.7 Å². The summed E-state index contributed by atoms with van der Waals surface area (Å²) >= 11 is 0. The van der Waals surface area contributed by atoms with Crippen LogP contribution < -0.4 is 4.90 Å². The minimum atomic E-state index is 0.213. The van der Waals surface area contributed by atoms with Crippen LogP contribution >= 0.6 is 0 Å². The number of hydrogen-bond acceptors (Lipinski definition) is 1. The molecule has 0 unspecified atom stereocenters. The first kappa shape index (κ1) is 27.3. The second kappa shape index (κ2) is 10.6. The van der Waals surface area contributed by atoms with Crippen LogP contribution in [0.15, 0.2) is 152 Å². The summed E-state index contributed by atoms with van der Waals surface area (Å²) in [6, 6.07) is 56.3. The summed E-state index contributed by atoms with van der Waals surface area (Å²) in [4.78, 5) is 2.32. The van der Waals surface area contributed by atoms with Gasteiger partial charge in [0.1, 0.15) is 0 Å². The third-order valence-corrected chi connectivity index (χ3v) is 12.3. The summed E-state index contributed by atoms with van der Waals surface area (Å²) < 4.78 is 0. The molecule has 1 spiro atoms. The number of nitrogens with zero attached hydrogens (tertiary/aromatic N) is 1. The first-order chi connectivity index (χ1) is 23.3. The van der Waals surface area contributed by atoms with Gasteiger partial charge in [-0.05, 0) is 137 Å². The largest absolute Gasteiger partial charge is 0.311 e. The van der Waals surface area contributed by atoms with Crippen LogP contribution in [0.4, 0.5) is 17.1 Å². The zero-order chi connectivity index (χ0) is 31.0. The lowest BCUT2D eigenvalue weighted by Crippen LogP contribution is -2.55. The zero-order valence-electron chi connectivity index (χ0n) is 26.7. The first-order valence-electron chi connectivity index (χ1n) is 17.6. The van der Waals surface area contributed by atoms with E-state index in [1.165, 1.54) is 65.5 Å². The SMILES string of the molecule is c1ccc(N(c2ccccc2)c2ccc(-c3ccc(-c4cccc5c4-c4ccccc4C54C5CC6CC(C5)CC4C6)cc3)cc2)cc1. The maximum Gasteiger partial charge on any atom is 0.0462 e. The molecular weight excluding hydrogens is 567 g/mol. The lowest BCUT2D eigenvalue weighted by Gasteiger charge is -2.61. The second-order valence-corrected chi connectivity index (χ2v) is 14.6. The lowest BCUT2D eigenvalue weighted by atomic mass is 9.43. The standard InChI is InChI=1S/C46H39N/c1-3-10-38(11-4-1)47(39-12-5-2-6-13-39)40-24-22-34(23-25-40)33-18-20-35(21-19-33)41-15-9-17-44-45(41)42-14-7-8-16-43(42)46(44)36-27-31-26-32(29-36)30-37(46)28-31/h1-25,31-32,36-37H,26-30H2. The maximum absolute atomic E-state index is 2.51. The zero-order valence-corrected chi connectivity index (χ0v) is 26.7. The van der Waals surface area contributed by atoms with Crippen molar-refractivity contribution in [2.75, 3.05) is 4.90 Å². The van der Waals surface area contributed by atoms with Gasteiger partial charge in [-0.15, -0.1) is 0 Å². The van der Waals surface area contributed by atoms with E-state index in [0.29, 0.717) is 0 Å². The Morgan fingerprint density at radius 2 is 0.851 bits per heavy atom. The Hall–Kier alpha value is -4.88. The molecule has 0 aliphatic heterocycles. The van der Waals surface area contributed by atoms with Gasteiger partial charge in [0.2, 0.25) is 0 Å². The highest BCUT2D eigenvalue weighted by Gasteiger charge is 2.61. The van der Waals surface area contributed by atoms with E-state index < -0.39 is 0 Å². The highest BCUT2D eigenvalue weighted by atomic mass is 15.1. The van der Waals surface area contributed by atoms with Gasteiger partial charge in [-0.3, -0.25) is 0 Å². The molecule has 5 aliphatic carbocycles. The van der Waals surface area contributed by atoms with Crippen molar-refractivity contribution >= 4 is 17.1 Å². The van der Waals surface area contributed by atoms with Crippen molar-refractivity contribution in [3.63, 3.8) is 0 Å².